The smallest absolute Gasteiger partial charge is 0.411 e. The molecular formula is C24H24N2O4. The second-order valence-electron chi connectivity index (χ2n) is 6.63. The van der Waals surface area contributed by atoms with Gasteiger partial charge in [0.25, 0.3) is 0 Å². The molecule has 3 aromatic carbocycles. The Balaban J connectivity index is 1.38. The summed E-state index contributed by atoms with van der Waals surface area (Å²) in [5.74, 6) is 0. The van der Waals surface area contributed by atoms with Crippen LogP contribution in [0, 0.1) is 0 Å². The van der Waals surface area contributed by atoms with E-state index in [1.807, 2.05) is 78.9 Å². The zero-order valence-electron chi connectivity index (χ0n) is 16.5. The van der Waals surface area contributed by atoms with Crippen molar-refractivity contribution in [1.82, 2.24) is 5.32 Å². The predicted molar refractivity (Wildman–Crippen MR) is 115 cm³/mol. The molecule has 0 bridgehead atoms. The van der Waals surface area contributed by atoms with Crippen LogP contribution in [-0.4, -0.2) is 18.7 Å². The summed E-state index contributed by atoms with van der Waals surface area (Å²) in [6.45, 7) is 0.869. The number of anilines is 1. The highest BCUT2D eigenvalue weighted by Gasteiger charge is 2.06. The summed E-state index contributed by atoms with van der Waals surface area (Å²) >= 11 is 0. The molecule has 2 N–H and O–H groups in total. The Bertz CT molecular complexity index is 946. The molecule has 0 heterocycles. The quantitative estimate of drug-likeness (QED) is 0.560. The molecule has 0 radical (unpaired) electrons. The lowest BCUT2D eigenvalue weighted by Crippen LogP contribution is -2.26. The number of alkyl carbamates (subject to hydrolysis) is 1. The standard InChI is InChI=1S/C24H24N2O4/c27-23(29-17-20-8-3-1-4-9-20)25-15-14-19-12-7-13-22(16-19)26-24(28)30-18-21-10-5-2-6-11-21/h1-13,16H,14-15,17-18H2,(H,25,27)(H,26,28). The van der Waals surface area contributed by atoms with Crippen molar-refractivity contribution in [2.75, 3.05) is 11.9 Å². The van der Waals surface area contributed by atoms with Crippen LogP contribution < -0.4 is 10.6 Å². The fourth-order valence-corrected chi connectivity index (χ4v) is 2.76. The van der Waals surface area contributed by atoms with Gasteiger partial charge in [-0.25, -0.2) is 9.59 Å². The second kappa shape index (κ2) is 11.3. The predicted octanol–water partition coefficient (Wildman–Crippen LogP) is 4.90. The summed E-state index contributed by atoms with van der Waals surface area (Å²) < 4.78 is 10.4. The zero-order chi connectivity index (χ0) is 21.0. The van der Waals surface area contributed by atoms with Crippen LogP contribution in [0.25, 0.3) is 0 Å². The molecule has 0 fully saturated rings. The van der Waals surface area contributed by atoms with Crippen LogP contribution in [0.5, 0.6) is 0 Å². The summed E-state index contributed by atoms with van der Waals surface area (Å²) in [5.41, 5.74) is 3.47. The van der Waals surface area contributed by atoms with Crippen molar-refractivity contribution < 1.29 is 19.1 Å². The minimum absolute atomic E-state index is 0.210. The van der Waals surface area contributed by atoms with Gasteiger partial charge in [0.05, 0.1) is 0 Å². The van der Waals surface area contributed by atoms with Gasteiger partial charge in [0.1, 0.15) is 13.2 Å². The van der Waals surface area contributed by atoms with E-state index in [1.165, 1.54) is 0 Å². The first kappa shape index (κ1) is 20.9. The van der Waals surface area contributed by atoms with E-state index >= 15 is 0 Å². The summed E-state index contributed by atoms with van der Waals surface area (Å²) in [5, 5.41) is 5.44. The SMILES string of the molecule is O=C(NCCc1cccc(NC(=O)OCc2ccccc2)c1)OCc1ccccc1. The molecule has 0 aliphatic heterocycles. The van der Waals surface area contributed by atoms with Crippen LogP contribution in [0.1, 0.15) is 16.7 Å². The summed E-state index contributed by atoms with van der Waals surface area (Å²) in [6, 6.07) is 26.4. The van der Waals surface area contributed by atoms with Crippen molar-refractivity contribution in [2.24, 2.45) is 0 Å². The Morgan fingerprint density at radius 3 is 1.87 bits per heavy atom. The average Bonchev–Trinajstić information content (AvgIpc) is 2.78. The van der Waals surface area contributed by atoms with E-state index in [4.69, 9.17) is 9.47 Å². The third-order valence-electron chi connectivity index (χ3n) is 4.28. The van der Waals surface area contributed by atoms with Crippen LogP contribution in [0.3, 0.4) is 0 Å². The molecule has 6 nitrogen and oxygen atoms in total. The van der Waals surface area contributed by atoms with Crippen molar-refractivity contribution in [2.45, 2.75) is 19.6 Å². The van der Waals surface area contributed by atoms with Crippen molar-refractivity contribution in [3.8, 4) is 0 Å². The van der Waals surface area contributed by atoms with Crippen LogP contribution >= 0.6 is 0 Å². The van der Waals surface area contributed by atoms with Gasteiger partial charge in [0.15, 0.2) is 0 Å². The van der Waals surface area contributed by atoms with E-state index in [0.29, 0.717) is 18.7 Å². The number of carbonyl (C=O) groups excluding carboxylic acids is 2. The van der Waals surface area contributed by atoms with Gasteiger partial charge in [-0.1, -0.05) is 72.8 Å². The second-order valence-corrected chi connectivity index (χ2v) is 6.63. The normalized spacial score (nSPS) is 10.1. The molecule has 0 saturated carbocycles. The van der Waals surface area contributed by atoms with Gasteiger partial charge < -0.3 is 14.8 Å². The first-order chi connectivity index (χ1) is 14.7. The first-order valence-corrected chi connectivity index (χ1v) is 9.70. The molecule has 154 valence electrons. The van der Waals surface area contributed by atoms with Gasteiger partial charge in [0, 0.05) is 12.2 Å². The summed E-state index contributed by atoms with van der Waals surface area (Å²) in [4.78, 5) is 23.8. The molecule has 0 aliphatic carbocycles. The van der Waals surface area contributed by atoms with Crippen LogP contribution in [-0.2, 0) is 29.1 Å². The number of hydrogen-bond acceptors (Lipinski definition) is 4. The lowest BCUT2D eigenvalue weighted by atomic mass is 10.1. The molecule has 0 spiro atoms. The van der Waals surface area contributed by atoms with Gasteiger partial charge in [-0.3, -0.25) is 5.32 Å². The van der Waals surface area contributed by atoms with Gasteiger partial charge in [-0.05, 0) is 35.2 Å². The Morgan fingerprint density at radius 1 is 0.667 bits per heavy atom. The van der Waals surface area contributed by atoms with Crippen molar-refractivity contribution in [3.63, 3.8) is 0 Å². The van der Waals surface area contributed by atoms with Gasteiger partial charge in [-0.15, -0.1) is 0 Å². The largest absolute Gasteiger partial charge is 0.445 e. The molecule has 0 saturated heterocycles. The third-order valence-corrected chi connectivity index (χ3v) is 4.28. The van der Waals surface area contributed by atoms with E-state index < -0.39 is 12.2 Å². The Hall–Kier alpha value is -3.80. The van der Waals surface area contributed by atoms with Crippen LogP contribution in [0.15, 0.2) is 84.9 Å². The van der Waals surface area contributed by atoms with E-state index in [-0.39, 0.29) is 13.2 Å². The van der Waals surface area contributed by atoms with Gasteiger partial charge in [-0.2, -0.15) is 0 Å². The van der Waals surface area contributed by atoms with E-state index in [1.54, 1.807) is 6.07 Å². The molecule has 2 amide bonds. The number of benzene rings is 3. The molecule has 0 aliphatic rings. The number of ether oxygens (including phenoxy) is 2. The zero-order valence-corrected chi connectivity index (χ0v) is 16.5. The highest BCUT2D eigenvalue weighted by molar-refractivity contribution is 5.84. The minimum Gasteiger partial charge on any atom is -0.445 e. The van der Waals surface area contributed by atoms with E-state index in [9.17, 15) is 9.59 Å². The van der Waals surface area contributed by atoms with Gasteiger partial charge >= 0.3 is 12.2 Å². The molecule has 30 heavy (non-hydrogen) atoms. The van der Waals surface area contributed by atoms with E-state index in [2.05, 4.69) is 10.6 Å². The molecule has 3 aromatic rings. The van der Waals surface area contributed by atoms with Crippen LogP contribution in [0.2, 0.25) is 0 Å². The highest BCUT2D eigenvalue weighted by Crippen LogP contribution is 2.12. The van der Waals surface area contributed by atoms with Crippen LogP contribution in [0.4, 0.5) is 15.3 Å². The Kier molecular flexibility index (Phi) is 7.85. The minimum atomic E-state index is -0.515. The molecule has 3 rings (SSSR count). The number of carbonyl (C=O) groups is 2. The molecule has 0 aromatic heterocycles. The number of rotatable bonds is 8. The summed E-state index contributed by atoms with van der Waals surface area (Å²) in [7, 11) is 0. The maximum Gasteiger partial charge on any atom is 0.411 e. The number of amides is 2. The Labute approximate surface area is 175 Å². The molecule has 0 unspecified atom stereocenters. The van der Waals surface area contributed by atoms with Crippen molar-refractivity contribution in [3.05, 3.63) is 102 Å². The molecule has 6 heteroatoms. The average molecular weight is 404 g/mol. The fraction of sp³-hybridized carbons (Fsp3) is 0.167. The number of hydrogen-bond donors (Lipinski definition) is 2. The number of nitrogens with one attached hydrogen (secondary N) is 2. The third kappa shape index (κ3) is 7.31. The molecule has 0 atom stereocenters. The monoisotopic (exact) mass is 404 g/mol. The first-order valence-electron chi connectivity index (χ1n) is 9.70. The maximum atomic E-state index is 12.0. The van der Waals surface area contributed by atoms with Gasteiger partial charge in [0.2, 0.25) is 0 Å². The fourth-order valence-electron chi connectivity index (χ4n) is 2.76. The molecular weight excluding hydrogens is 380 g/mol. The lowest BCUT2D eigenvalue weighted by Gasteiger charge is -2.10. The van der Waals surface area contributed by atoms with E-state index in [0.717, 1.165) is 16.7 Å². The lowest BCUT2D eigenvalue weighted by molar-refractivity contribution is 0.140. The maximum absolute atomic E-state index is 12.0. The topological polar surface area (TPSA) is 76.7 Å². The highest BCUT2D eigenvalue weighted by atomic mass is 16.6. The Morgan fingerprint density at radius 2 is 1.23 bits per heavy atom. The van der Waals surface area contributed by atoms with Crippen molar-refractivity contribution in [1.29, 1.82) is 0 Å². The summed E-state index contributed by atoms with van der Waals surface area (Å²) in [6.07, 6.45) is -0.370. The van der Waals surface area contributed by atoms with Crippen molar-refractivity contribution >= 4 is 17.9 Å².